The Morgan fingerprint density at radius 2 is 2.25 bits per heavy atom. The van der Waals surface area contributed by atoms with Gasteiger partial charge in [0.15, 0.2) is 0 Å². The minimum Gasteiger partial charge on any atom is -0.465 e. The van der Waals surface area contributed by atoms with Gasteiger partial charge in [-0.15, -0.1) is 5.10 Å². The highest BCUT2D eigenvalue weighted by atomic mass is 16.3. The molecule has 0 bridgehead atoms. The third-order valence-electron chi connectivity index (χ3n) is 2.35. The van der Waals surface area contributed by atoms with Crippen molar-refractivity contribution in [3.63, 3.8) is 0 Å². The predicted molar refractivity (Wildman–Crippen MR) is 59.8 cm³/mol. The highest BCUT2D eigenvalue weighted by Gasteiger charge is 1.99. The van der Waals surface area contributed by atoms with Crippen LogP contribution < -0.4 is 5.32 Å². The number of nitrogens with zero attached hydrogens (tertiary/aromatic N) is 3. The van der Waals surface area contributed by atoms with E-state index in [1.165, 1.54) is 0 Å². The van der Waals surface area contributed by atoms with Crippen LogP contribution in [0.1, 0.15) is 18.4 Å². The Bertz CT molecular complexity index is 407. The molecule has 0 amide bonds. The number of hydrogen-bond donors (Lipinski definition) is 1. The summed E-state index contributed by atoms with van der Waals surface area (Å²) in [5.74, 6) is 2.02. The summed E-state index contributed by atoms with van der Waals surface area (Å²) in [4.78, 5) is 0. The lowest BCUT2D eigenvalue weighted by molar-refractivity contribution is 0.442. The Balaban J connectivity index is 1.68. The molecule has 0 aliphatic heterocycles. The van der Waals surface area contributed by atoms with Crippen molar-refractivity contribution >= 4 is 0 Å². The van der Waals surface area contributed by atoms with E-state index < -0.39 is 0 Å². The molecule has 86 valence electrons. The van der Waals surface area contributed by atoms with E-state index in [4.69, 9.17) is 4.42 Å². The highest BCUT2D eigenvalue weighted by Crippen LogP contribution is 2.07. The number of aryl methyl sites for hydroxylation is 1. The van der Waals surface area contributed by atoms with Gasteiger partial charge in [0.1, 0.15) is 11.5 Å². The van der Waals surface area contributed by atoms with Crippen LogP contribution in [-0.2, 0) is 19.5 Å². The van der Waals surface area contributed by atoms with Gasteiger partial charge < -0.3 is 9.73 Å². The van der Waals surface area contributed by atoms with Crippen LogP contribution >= 0.6 is 0 Å². The molecule has 0 saturated carbocycles. The van der Waals surface area contributed by atoms with Gasteiger partial charge in [0.05, 0.1) is 19.3 Å². The van der Waals surface area contributed by atoms with Gasteiger partial charge in [-0.1, -0.05) is 12.1 Å². The Morgan fingerprint density at radius 1 is 1.38 bits per heavy atom. The first-order chi connectivity index (χ1) is 7.88. The van der Waals surface area contributed by atoms with Crippen molar-refractivity contribution in [2.45, 2.75) is 26.4 Å². The average molecular weight is 220 g/mol. The van der Waals surface area contributed by atoms with E-state index in [1.807, 2.05) is 18.3 Å². The lowest BCUT2D eigenvalue weighted by Crippen LogP contribution is -2.19. The molecule has 5 heteroatoms. The van der Waals surface area contributed by atoms with Crippen molar-refractivity contribution in [3.8, 4) is 0 Å². The number of hydrogen-bond acceptors (Lipinski definition) is 4. The summed E-state index contributed by atoms with van der Waals surface area (Å²) >= 11 is 0. The van der Waals surface area contributed by atoms with E-state index in [2.05, 4.69) is 22.6 Å². The molecule has 0 saturated heterocycles. The third kappa shape index (κ3) is 2.93. The van der Waals surface area contributed by atoms with Gasteiger partial charge in [-0.25, -0.2) is 0 Å². The van der Waals surface area contributed by atoms with Crippen molar-refractivity contribution in [2.24, 2.45) is 0 Å². The summed E-state index contributed by atoms with van der Waals surface area (Å²) in [5.41, 5.74) is 0. The standard InChI is InChI=1S/C11H16N4O/c1-2-10-3-4-11(16-10)9-12-5-7-15-8-6-13-14-15/h3-4,6,8,12H,2,5,7,9H2,1H3. The maximum Gasteiger partial charge on any atom is 0.117 e. The normalized spacial score (nSPS) is 10.8. The van der Waals surface area contributed by atoms with Crippen LogP contribution in [0, 0.1) is 0 Å². The number of aromatic nitrogens is 3. The second-order valence-corrected chi connectivity index (χ2v) is 3.56. The molecule has 0 radical (unpaired) electrons. The van der Waals surface area contributed by atoms with E-state index in [0.29, 0.717) is 0 Å². The second kappa shape index (κ2) is 5.46. The Morgan fingerprint density at radius 3 is 2.94 bits per heavy atom. The quantitative estimate of drug-likeness (QED) is 0.744. The topological polar surface area (TPSA) is 55.9 Å². The van der Waals surface area contributed by atoms with Crippen LogP contribution in [0.4, 0.5) is 0 Å². The summed E-state index contributed by atoms with van der Waals surface area (Å²) in [6.45, 7) is 4.52. The second-order valence-electron chi connectivity index (χ2n) is 3.56. The molecule has 0 aliphatic carbocycles. The van der Waals surface area contributed by atoms with Crippen LogP contribution in [0.15, 0.2) is 28.9 Å². The summed E-state index contributed by atoms with van der Waals surface area (Å²) in [5, 5.41) is 10.9. The van der Waals surface area contributed by atoms with Crippen LogP contribution in [0.2, 0.25) is 0 Å². The molecule has 0 aliphatic rings. The first-order valence-corrected chi connectivity index (χ1v) is 5.51. The molecule has 5 nitrogen and oxygen atoms in total. The predicted octanol–water partition coefficient (Wildman–Crippen LogP) is 1.22. The van der Waals surface area contributed by atoms with Crippen molar-refractivity contribution < 1.29 is 4.42 Å². The van der Waals surface area contributed by atoms with Crippen molar-refractivity contribution in [1.29, 1.82) is 0 Å². The zero-order valence-electron chi connectivity index (χ0n) is 9.39. The molecule has 16 heavy (non-hydrogen) atoms. The molecule has 0 atom stereocenters. The number of nitrogens with one attached hydrogen (secondary N) is 1. The zero-order chi connectivity index (χ0) is 11.2. The average Bonchev–Trinajstić information content (AvgIpc) is 2.95. The molecular weight excluding hydrogens is 204 g/mol. The van der Waals surface area contributed by atoms with Gasteiger partial charge in [0, 0.05) is 19.2 Å². The van der Waals surface area contributed by atoms with Gasteiger partial charge in [-0.2, -0.15) is 0 Å². The van der Waals surface area contributed by atoms with Gasteiger partial charge in [0.2, 0.25) is 0 Å². The maximum absolute atomic E-state index is 5.57. The molecule has 2 heterocycles. The minimum absolute atomic E-state index is 0.759. The molecule has 2 aromatic heterocycles. The summed E-state index contributed by atoms with van der Waals surface area (Å²) < 4.78 is 7.37. The van der Waals surface area contributed by atoms with E-state index in [1.54, 1.807) is 10.9 Å². The molecular formula is C11H16N4O. The van der Waals surface area contributed by atoms with Crippen LogP contribution in [0.3, 0.4) is 0 Å². The maximum atomic E-state index is 5.57. The molecule has 0 spiro atoms. The SMILES string of the molecule is CCc1ccc(CNCCn2ccnn2)o1. The largest absolute Gasteiger partial charge is 0.465 e. The van der Waals surface area contributed by atoms with Crippen molar-refractivity contribution in [1.82, 2.24) is 20.3 Å². The molecule has 0 aromatic carbocycles. The Kier molecular flexibility index (Phi) is 3.71. The van der Waals surface area contributed by atoms with Crippen molar-refractivity contribution in [2.75, 3.05) is 6.54 Å². The highest BCUT2D eigenvalue weighted by molar-refractivity contribution is 5.06. The lowest BCUT2D eigenvalue weighted by atomic mass is 10.3. The van der Waals surface area contributed by atoms with Crippen LogP contribution in [0.5, 0.6) is 0 Å². The zero-order valence-corrected chi connectivity index (χ0v) is 9.39. The van der Waals surface area contributed by atoms with E-state index in [0.717, 1.165) is 37.6 Å². The Hall–Kier alpha value is -1.62. The monoisotopic (exact) mass is 220 g/mol. The van der Waals surface area contributed by atoms with E-state index >= 15 is 0 Å². The van der Waals surface area contributed by atoms with Gasteiger partial charge >= 0.3 is 0 Å². The molecule has 2 rings (SSSR count). The number of furan rings is 1. The minimum atomic E-state index is 0.759. The number of rotatable bonds is 6. The Labute approximate surface area is 94.5 Å². The lowest BCUT2D eigenvalue weighted by Gasteiger charge is -2.02. The van der Waals surface area contributed by atoms with Crippen LogP contribution in [-0.4, -0.2) is 21.5 Å². The summed E-state index contributed by atoms with van der Waals surface area (Å²) in [7, 11) is 0. The van der Waals surface area contributed by atoms with Crippen LogP contribution in [0.25, 0.3) is 0 Å². The first kappa shape index (κ1) is 10.9. The molecule has 1 N–H and O–H groups in total. The summed E-state index contributed by atoms with van der Waals surface area (Å²) in [6.07, 6.45) is 4.47. The third-order valence-corrected chi connectivity index (χ3v) is 2.35. The molecule has 0 unspecified atom stereocenters. The van der Waals surface area contributed by atoms with Gasteiger partial charge in [-0.05, 0) is 12.1 Å². The van der Waals surface area contributed by atoms with Crippen molar-refractivity contribution in [3.05, 3.63) is 36.0 Å². The van der Waals surface area contributed by atoms with Gasteiger partial charge in [0.25, 0.3) is 0 Å². The smallest absolute Gasteiger partial charge is 0.117 e. The fourth-order valence-corrected chi connectivity index (χ4v) is 1.46. The fraction of sp³-hybridized carbons (Fsp3) is 0.455. The summed E-state index contributed by atoms with van der Waals surface area (Å²) in [6, 6.07) is 4.04. The first-order valence-electron chi connectivity index (χ1n) is 5.51. The van der Waals surface area contributed by atoms with E-state index in [-0.39, 0.29) is 0 Å². The fourth-order valence-electron chi connectivity index (χ4n) is 1.46. The molecule has 0 fully saturated rings. The van der Waals surface area contributed by atoms with E-state index in [9.17, 15) is 0 Å². The van der Waals surface area contributed by atoms with Gasteiger partial charge in [-0.3, -0.25) is 4.68 Å². The molecule has 2 aromatic rings.